The first kappa shape index (κ1) is 18.1. The van der Waals surface area contributed by atoms with E-state index in [9.17, 15) is 0 Å². The van der Waals surface area contributed by atoms with Crippen LogP contribution in [0.25, 0.3) is 0 Å². The van der Waals surface area contributed by atoms with Gasteiger partial charge in [-0.05, 0) is 0 Å². The van der Waals surface area contributed by atoms with E-state index in [4.69, 9.17) is 5.73 Å². The first-order valence-corrected chi connectivity index (χ1v) is 11.1. The van der Waals surface area contributed by atoms with E-state index in [0.717, 1.165) is 18.5 Å². The van der Waals surface area contributed by atoms with Gasteiger partial charge in [0.15, 0.2) is 0 Å². The minimum absolute atomic E-state index is 0.0196. The van der Waals surface area contributed by atoms with Crippen LogP contribution >= 0.6 is 6.60 Å². The SMILES string of the molecule is C=C(C)CP(C)(C)(C)C(C)CCC(C)(N)CCC. The van der Waals surface area contributed by atoms with Gasteiger partial charge in [0.2, 0.25) is 0 Å². The van der Waals surface area contributed by atoms with Gasteiger partial charge in [0.1, 0.15) is 0 Å². The molecule has 0 saturated carbocycles. The first-order valence-electron chi connectivity index (χ1n) is 7.31. The van der Waals surface area contributed by atoms with Crippen molar-refractivity contribution in [3.8, 4) is 0 Å². The number of hydrogen-bond donors (Lipinski definition) is 1. The average Bonchev–Trinajstić information content (AvgIpc) is 2.10. The fourth-order valence-corrected chi connectivity index (χ4v) is 6.16. The molecule has 0 fully saturated rings. The number of nitrogens with two attached hydrogens (primary N) is 1. The topological polar surface area (TPSA) is 26.0 Å². The van der Waals surface area contributed by atoms with Gasteiger partial charge in [-0.2, -0.15) is 0 Å². The predicted molar refractivity (Wildman–Crippen MR) is 90.6 cm³/mol. The van der Waals surface area contributed by atoms with E-state index >= 15 is 0 Å². The van der Waals surface area contributed by atoms with Crippen LogP contribution in [0.1, 0.15) is 53.4 Å². The van der Waals surface area contributed by atoms with E-state index in [-0.39, 0.29) is 5.54 Å². The molecule has 0 aromatic heterocycles. The second kappa shape index (κ2) is 6.06. The van der Waals surface area contributed by atoms with Crippen LogP contribution in [0.4, 0.5) is 0 Å². The number of allylic oxidation sites excluding steroid dienone is 1. The number of hydrogen-bond acceptors (Lipinski definition) is 1. The van der Waals surface area contributed by atoms with Crippen molar-refractivity contribution >= 4 is 6.60 Å². The Morgan fingerprint density at radius 1 is 1.28 bits per heavy atom. The monoisotopic (exact) mass is 273 g/mol. The Labute approximate surface area is 116 Å². The second-order valence-corrected chi connectivity index (χ2v) is 15.8. The third-order valence-electron chi connectivity index (χ3n) is 4.42. The van der Waals surface area contributed by atoms with E-state index < -0.39 is 6.60 Å². The zero-order valence-corrected chi connectivity index (χ0v) is 14.7. The van der Waals surface area contributed by atoms with Crippen LogP contribution in [-0.4, -0.2) is 37.4 Å². The molecular weight excluding hydrogens is 237 g/mol. The summed E-state index contributed by atoms with van der Waals surface area (Å²) in [4.78, 5) is 0. The van der Waals surface area contributed by atoms with Crippen LogP contribution < -0.4 is 5.73 Å². The zero-order valence-electron chi connectivity index (χ0n) is 13.8. The van der Waals surface area contributed by atoms with Gasteiger partial charge in [-0.15, -0.1) is 0 Å². The maximum absolute atomic E-state index is 6.36. The van der Waals surface area contributed by atoms with Gasteiger partial charge in [0.25, 0.3) is 0 Å². The fourth-order valence-electron chi connectivity index (χ4n) is 2.83. The van der Waals surface area contributed by atoms with Crippen LogP contribution in [0, 0.1) is 0 Å². The molecule has 0 rings (SSSR count). The Hall–Kier alpha value is 0.130. The number of rotatable bonds is 8. The molecule has 0 radical (unpaired) electrons. The van der Waals surface area contributed by atoms with Crippen LogP contribution in [-0.2, 0) is 0 Å². The van der Waals surface area contributed by atoms with Crippen molar-refractivity contribution in [1.29, 1.82) is 0 Å². The van der Waals surface area contributed by atoms with E-state index in [1.807, 2.05) is 0 Å². The molecule has 0 aliphatic rings. The molecule has 0 aliphatic heterocycles. The van der Waals surface area contributed by atoms with E-state index in [0.29, 0.717) is 0 Å². The van der Waals surface area contributed by atoms with Crippen LogP contribution in [0.5, 0.6) is 0 Å². The molecule has 0 amide bonds. The summed E-state index contributed by atoms with van der Waals surface area (Å²) < 4.78 is 0. The van der Waals surface area contributed by atoms with Crippen molar-refractivity contribution in [2.75, 3.05) is 26.2 Å². The Morgan fingerprint density at radius 2 is 1.78 bits per heavy atom. The molecule has 1 nitrogen and oxygen atoms in total. The average molecular weight is 273 g/mol. The molecular formula is C16H36NP. The Kier molecular flexibility index (Phi) is 6.10. The summed E-state index contributed by atoms with van der Waals surface area (Å²) in [7, 11) is 0. The molecule has 0 heterocycles. The molecule has 2 atom stereocenters. The van der Waals surface area contributed by atoms with Crippen molar-refractivity contribution in [1.82, 2.24) is 0 Å². The Morgan fingerprint density at radius 3 is 2.17 bits per heavy atom. The fraction of sp³-hybridized carbons (Fsp3) is 0.875. The molecule has 0 saturated heterocycles. The molecule has 2 N–H and O–H groups in total. The molecule has 0 aromatic rings. The van der Waals surface area contributed by atoms with Gasteiger partial charge in [-0.3, -0.25) is 0 Å². The minimum atomic E-state index is -1.62. The van der Waals surface area contributed by atoms with E-state index in [2.05, 4.69) is 54.3 Å². The van der Waals surface area contributed by atoms with Crippen molar-refractivity contribution in [3.05, 3.63) is 12.2 Å². The van der Waals surface area contributed by atoms with Crippen molar-refractivity contribution in [2.24, 2.45) is 5.73 Å². The first-order chi connectivity index (χ1) is 7.88. The van der Waals surface area contributed by atoms with E-state index in [1.54, 1.807) is 0 Å². The predicted octanol–water partition coefficient (Wildman–Crippen LogP) is 4.69. The molecule has 0 spiro atoms. The normalized spacial score (nSPS) is 19.7. The Balaban J connectivity index is 4.57. The third-order valence-corrected chi connectivity index (χ3v) is 9.62. The second-order valence-electron chi connectivity index (χ2n) is 8.15. The van der Waals surface area contributed by atoms with Crippen molar-refractivity contribution in [3.63, 3.8) is 0 Å². The quantitative estimate of drug-likeness (QED) is 0.504. The van der Waals surface area contributed by atoms with Gasteiger partial charge in [0, 0.05) is 0 Å². The summed E-state index contributed by atoms with van der Waals surface area (Å²) in [5, 5.41) is 0. The maximum atomic E-state index is 6.36. The van der Waals surface area contributed by atoms with E-state index in [1.165, 1.54) is 24.6 Å². The van der Waals surface area contributed by atoms with Crippen LogP contribution in [0.15, 0.2) is 12.2 Å². The summed E-state index contributed by atoms with van der Waals surface area (Å²) in [5.41, 5.74) is 8.48. The third kappa shape index (κ3) is 6.34. The molecule has 110 valence electrons. The summed E-state index contributed by atoms with van der Waals surface area (Å²) in [6, 6.07) is 0. The molecule has 0 aliphatic carbocycles. The van der Waals surface area contributed by atoms with Gasteiger partial charge in [-0.25, -0.2) is 0 Å². The summed E-state index contributed by atoms with van der Waals surface area (Å²) in [6.45, 7) is 19.0. The van der Waals surface area contributed by atoms with Gasteiger partial charge in [0.05, 0.1) is 0 Å². The Bertz CT molecular complexity index is 283. The molecule has 0 aromatic carbocycles. The van der Waals surface area contributed by atoms with Crippen LogP contribution in [0.3, 0.4) is 0 Å². The zero-order chi connectivity index (χ0) is 14.6. The van der Waals surface area contributed by atoms with Gasteiger partial charge in [-0.1, -0.05) is 0 Å². The van der Waals surface area contributed by atoms with Gasteiger partial charge >= 0.3 is 115 Å². The summed E-state index contributed by atoms with van der Waals surface area (Å²) in [6.07, 6.45) is 5.92. The summed E-state index contributed by atoms with van der Waals surface area (Å²) in [5.74, 6) is 0. The van der Waals surface area contributed by atoms with Crippen molar-refractivity contribution < 1.29 is 0 Å². The summed E-state index contributed by atoms with van der Waals surface area (Å²) >= 11 is 0. The van der Waals surface area contributed by atoms with Gasteiger partial charge < -0.3 is 0 Å². The van der Waals surface area contributed by atoms with Crippen molar-refractivity contribution in [2.45, 2.75) is 64.6 Å². The molecule has 2 unspecified atom stereocenters. The molecule has 2 heteroatoms. The molecule has 0 bridgehead atoms. The van der Waals surface area contributed by atoms with Crippen LogP contribution in [0.2, 0.25) is 0 Å². The molecule has 18 heavy (non-hydrogen) atoms. The standard InChI is InChI=1S/C16H36NP/c1-9-11-16(5,17)12-10-15(4)18(6,7,8)13-14(2)3/h15H,2,9-13,17H2,1,3-8H3.